The van der Waals surface area contributed by atoms with Gasteiger partial charge in [0.2, 0.25) is 5.60 Å². The molecule has 1 fully saturated rings. The van der Waals surface area contributed by atoms with Gasteiger partial charge in [-0.05, 0) is 18.8 Å². The fraction of sp³-hybridized carbons (Fsp3) is 0.765. The zero-order valence-corrected chi connectivity index (χ0v) is 15.8. The molecule has 1 aliphatic rings. The van der Waals surface area contributed by atoms with Crippen LogP contribution in [0.25, 0.3) is 0 Å². The number of nitrogens with one attached hydrogen (secondary N) is 1. The fourth-order valence-electron chi connectivity index (χ4n) is 3.19. The Hall–Kier alpha value is -1.77. The highest BCUT2D eigenvalue weighted by molar-refractivity contribution is 5.80. The molecule has 0 amide bonds. The first kappa shape index (κ1) is 20.5. The Balaban J connectivity index is 2.17. The minimum atomic E-state index is -4.84. The second kappa shape index (κ2) is 7.46. The van der Waals surface area contributed by atoms with Gasteiger partial charge in [0.15, 0.2) is 5.96 Å². The van der Waals surface area contributed by atoms with Gasteiger partial charge in [-0.15, -0.1) is 0 Å². The first-order chi connectivity index (χ1) is 12.0. The SMILES string of the molecule is CCNC(=NCCC(O)(c1nccn1C)C(F)(F)F)N1CCC(C)(C)C1. The summed E-state index contributed by atoms with van der Waals surface area (Å²) in [5.74, 6) is 0.162. The van der Waals surface area contributed by atoms with Crippen LogP contribution in [0.15, 0.2) is 17.4 Å². The monoisotopic (exact) mass is 375 g/mol. The van der Waals surface area contributed by atoms with Crippen LogP contribution in [0.5, 0.6) is 0 Å². The van der Waals surface area contributed by atoms with Crippen molar-refractivity contribution in [2.75, 3.05) is 26.2 Å². The molecule has 0 aliphatic carbocycles. The van der Waals surface area contributed by atoms with Crippen LogP contribution in [-0.2, 0) is 12.6 Å². The van der Waals surface area contributed by atoms with Crippen LogP contribution in [0, 0.1) is 5.41 Å². The number of imidazole rings is 1. The van der Waals surface area contributed by atoms with Crippen LogP contribution in [0.1, 0.15) is 39.4 Å². The van der Waals surface area contributed by atoms with Crippen molar-refractivity contribution in [2.45, 2.75) is 45.4 Å². The van der Waals surface area contributed by atoms with Crippen molar-refractivity contribution < 1.29 is 18.3 Å². The third-order valence-electron chi connectivity index (χ3n) is 4.71. The standard InChI is InChI=1S/C17H28F3N5O/c1-5-21-14(25-10-7-15(2,3)12-25)23-8-6-16(26,17(18,19)20)13-22-9-11-24(13)4/h9,11,26H,5-8,10,12H2,1-4H3,(H,21,23). The van der Waals surface area contributed by atoms with Crippen molar-refractivity contribution in [3.63, 3.8) is 0 Å². The number of nitrogens with zero attached hydrogens (tertiary/aromatic N) is 4. The summed E-state index contributed by atoms with van der Waals surface area (Å²) in [7, 11) is 1.43. The summed E-state index contributed by atoms with van der Waals surface area (Å²) in [4.78, 5) is 10.1. The topological polar surface area (TPSA) is 65.7 Å². The third kappa shape index (κ3) is 4.31. The van der Waals surface area contributed by atoms with Crippen molar-refractivity contribution >= 4 is 5.96 Å². The lowest BCUT2D eigenvalue weighted by molar-refractivity contribution is -0.272. The van der Waals surface area contributed by atoms with E-state index in [2.05, 4.69) is 34.0 Å². The lowest BCUT2D eigenvalue weighted by Crippen LogP contribution is -2.45. The number of aryl methyl sites for hydroxylation is 1. The highest BCUT2D eigenvalue weighted by Crippen LogP contribution is 2.40. The highest BCUT2D eigenvalue weighted by atomic mass is 19.4. The first-order valence-corrected chi connectivity index (χ1v) is 8.80. The number of aliphatic imine (C=N–C) groups is 1. The molecule has 2 rings (SSSR count). The number of likely N-dealkylation sites (tertiary alicyclic amines) is 1. The van der Waals surface area contributed by atoms with Crippen molar-refractivity contribution in [3.8, 4) is 0 Å². The van der Waals surface area contributed by atoms with E-state index < -0.39 is 24.0 Å². The summed E-state index contributed by atoms with van der Waals surface area (Å²) in [6.45, 7) is 8.28. The lowest BCUT2D eigenvalue weighted by atomic mass is 9.93. The van der Waals surface area contributed by atoms with Crippen LogP contribution < -0.4 is 5.32 Å². The van der Waals surface area contributed by atoms with Gasteiger partial charge in [-0.3, -0.25) is 4.99 Å². The molecule has 148 valence electrons. The van der Waals surface area contributed by atoms with E-state index in [9.17, 15) is 18.3 Å². The van der Waals surface area contributed by atoms with Gasteiger partial charge in [0, 0.05) is 52.0 Å². The largest absolute Gasteiger partial charge is 0.424 e. The van der Waals surface area contributed by atoms with Crippen molar-refractivity contribution in [1.82, 2.24) is 19.8 Å². The van der Waals surface area contributed by atoms with Gasteiger partial charge in [-0.2, -0.15) is 13.2 Å². The second-order valence-corrected chi connectivity index (χ2v) is 7.54. The van der Waals surface area contributed by atoms with Gasteiger partial charge in [-0.25, -0.2) is 4.98 Å². The van der Waals surface area contributed by atoms with E-state index in [4.69, 9.17) is 0 Å². The fourth-order valence-corrected chi connectivity index (χ4v) is 3.19. The van der Waals surface area contributed by atoms with Crippen LogP contribution in [0.2, 0.25) is 0 Å². The number of aliphatic hydroxyl groups is 1. The van der Waals surface area contributed by atoms with E-state index in [1.807, 2.05) is 6.92 Å². The zero-order chi connectivity index (χ0) is 19.6. The third-order valence-corrected chi connectivity index (χ3v) is 4.71. The van der Waals surface area contributed by atoms with E-state index in [1.165, 1.54) is 24.0 Å². The molecule has 0 spiro atoms. The van der Waals surface area contributed by atoms with Gasteiger partial charge in [0.1, 0.15) is 5.82 Å². The van der Waals surface area contributed by atoms with Crippen molar-refractivity contribution in [2.24, 2.45) is 17.5 Å². The van der Waals surface area contributed by atoms with Gasteiger partial charge in [-0.1, -0.05) is 13.8 Å². The summed E-state index contributed by atoms with van der Waals surface area (Å²) in [5, 5.41) is 13.5. The lowest BCUT2D eigenvalue weighted by Gasteiger charge is -2.30. The van der Waals surface area contributed by atoms with Gasteiger partial charge >= 0.3 is 6.18 Å². The molecule has 0 saturated carbocycles. The number of hydrogen-bond acceptors (Lipinski definition) is 3. The molecule has 1 unspecified atom stereocenters. The normalized spacial score (nSPS) is 20.3. The number of aromatic nitrogens is 2. The molecule has 1 atom stereocenters. The average molecular weight is 375 g/mol. The maximum atomic E-state index is 13.5. The molecule has 6 nitrogen and oxygen atoms in total. The summed E-state index contributed by atoms with van der Waals surface area (Å²) in [6.07, 6.45) is -1.81. The predicted octanol–water partition coefficient (Wildman–Crippen LogP) is 2.26. The molecule has 9 heteroatoms. The Morgan fingerprint density at radius 1 is 1.42 bits per heavy atom. The average Bonchev–Trinajstić information content (AvgIpc) is 3.10. The number of alkyl halides is 3. The molecule has 0 aromatic carbocycles. The summed E-state index contributed by atoms with van der Waals surface area (Å²) in [6, 6.07) is 0. The quantitative estimate of drug-likeness (QED) is 0.612. The van der Waals surface area contributed by atoms with Crippen LogP contribution in [0.3, 0.4) is 0 Å². The van der Waals surface area contributed by atoms with Gasteiger partial charge in [0.25, 0.3) is 0 Å². The Bertz CT molecular complexity index is 641. The molecule has 2 heterocycles. The molecule has 0 radical (unpaired) electrons. The molecule has 0 bridgehead atoms. The molecule has 2 N–H and O–H groups in total. The first-order valence-electron chi connectivity index (χ1n) is 8.80. The van der Waals surface area contributed by atoms with E-state index in [1.54, 1.807) is 0 Å². The second-order valence-electron chi connectivity index (χ2n) is 7.54. The summed E-state index contributed by atoms with van der Waals surface area (Å²) in [5.41, 5.74) is -2.88. The molecular weight excluding hydrogens is 347 g/mol. The smallest absolute Gasteiger partial charge is 0.374 e. The molecule has 26 heavy (non-hydrogen) atoms. The number of guanidine groups is 1. The molecule has 1 saturated heterocycles. The molecule has 1 aromatic rings. The molecule has 1 aromatic heterocycles. The minimum absolute atomic E-state index is 0.149. The van der Waals surface area contributed by atoms with E-state index in [0.29, 0.717) is 12.5 Å². The van der Waals surface area contributed by atoms with Crippen LogP contribution >= 0.6 is 0 Å². The Morgan fingerprint density at radius 2 is 2.12 bits per heavy atom. The van der Waals surface area contributed by atoms with Gasteiger partial charge < -0.3 is 19.9 Å². The van der Waals surface area contributed by atoms with Crippen LogP contribution in [-0.4, -0.2) is 57.9 Å². The Kier molecular flexibility index (Phi) is 5.89. The number of hydrogen-bond donors (Lipinski definition) is 2. The molecule has 1 aliphatic heterocycles. The van der Waals surface area contributed by atoms with E-state index >= 15 is 0 Å². The summed E-state index contributed by atoms with van der Waals surface area (Å²) < 4.78 is 41.8. The molecular formula is C17H28F3N5O. The number of rotatable bonds is 5. The van der Waals surface area contributed by atoms with Crippen molar-refractivity contribution in [3.05, 3.63) is 18.2 Å². The summed E-state index contributed by atoms with van der Waals surface area (Å²) >= 11 is 0. The predicted molar refractivity (Wildman–Crippen MR) is 93.7 cm³/mol. The van der Waals surface area contributed by atoms with Gasteiger partial charge in [0.05, 0.1) is 0 Å². The zero-order valence-electron chi connectivity index (χ0n) is 15.8. The van der Waals surface area contributed by atoms with Crippen molar-refractivity contribution in [1.29, 1.82) is 0 Å². The van der Waals surface area contributed by atoms with E-state index in [-0.39, 0.29) is 12.0 Å². The highest BCUT2D eigenvalue weighted by Gasteiger charge is 2.57. The Labute approximate surface area is 152 Å². The Morgan fingerprint density at radius 3 is 2.58 bits per heavy atom. The minimum Gasteiger partial charge on any atom is -0.374 e. The van der Waals surface area contributed by atoms with Crippen LogP contribution in [0.4, 0.5) is 13.2 Å². The maximum Gasteiger partial charge on any atom is 0.424 e. The number of halogens is 3. The maximum absolute atomic E-state index is 13.5. The van der Waals surface area contributed by atoms with E-state index in [0.717, 1.165) is 19.5 Å².